The van der Waals surface area contributed by atoms with Gasteiger partial charge in [0, 0.05) is 19.4 Å². The van der Waals surface area contributed by atoms with Gasteiger partial charge in [0.05, 0.1) is 12.7 Å². The van der Waals surface area contributed by atoms with E-state index in [2.05, 4.69) is 57.1 Å². The highest BCUT2D eigenvalue weighted by molar-refractivity contribution is 4.83. The molecule has 1 aliphatic rings. The lowest BCUT2D eigenvalue weighted by molar-refractivity contribution is -0.180. The third kappa shape index (κ3) is 27.3. The monoisotopic (exact) mass is 646 g/mol. The summed E-state index contributed by atoms with van der Waals surface area (Å²) in [4.78, 5) is 2.26. The minimum Gasteiger partial charge on any atom is -0.347 e. The Morgan fingerprint density at radius 2 is 0.848 bits per heavy atom. The molecular formula is C43H83NO2. The van der Waals surface area contributed by atoms with Gasteiger partial charge >= 0.3 is 0 Å². The summed E-state index contributed by atoms with van der Waals surface area (Å²) in [7, 11) is 4.31. The minimum absolute atomic E-state index is 0.269. The molecule has 0 amide bonds. The van der Waals surface area contributed by atoms with Gasteiger partial charge in [0.25, 0.3) is 0 Å². The van der Waals surface area contributed by atoms with Crippen molar-refractivity contribution < 1.29 is 9.47 Å². The van der Waals surface area contributed by atoms with Gasteiger partial charge in [-0.25, -0.2) is 0 Å². The number of rotatable bonds is 35. The van der Waals surface area contributed by atoms with Gasteiger partial charge in [0.1, 0.15) is 0 Å². The van der Waals surface area contributed by atoms with Gasteiger partial charge in [-0.3, -0.25) is 0 Å². The van der Waals surface area contributed by atoms with Gasteiger partial charge < -0.3 is 14.4 Å². The van der Waals surface area contributed by atoms with Crippen molar-refractivity contribution in [1.82, 2.24) is 4.90 Å². The number of allylic oxidation sites excluding steroid dienone is 4. The second-order valence-corrected chi connectivity index (χ2v) is 14.9. The molecule has 1 saturated heterocycles. The van der Waals surface area contributed by atoms with E-state index in [-0.39, 0.29) is 11.9 Å². The Morgan fingerprint density at radius 3 is 1.22 bits per heavy atom. The van der Waals surface area contributed by atoms with E-state index in [1.54, 1.807) is 0 Å². The molecule has 3 nitrogen and oxygen atoms in total. The summed E-state index contributed by atoms with van der Waals surface area (Å²) in [5, 5.41) is 0. The van der Waals surface area contributed by atoms with E-state index < -0.39 is 0 Å². The van der Waals surface area contributed by atoms with Gasteiger partial charge in [-0.2, -0.15) is 0 Å². The first-order valence-electron chi connectivity index (χ1n) is 20.9. The van der Waals surface area contributed by atoms with Crippen LogP contribution >= 0.6 is 0 Å². The zero-order valence-corrected chi connectivity index (χ0v) is 32.0. The van der Waals surface area contributed by atoms with Crippen molar-refractivity contribution in [2.24, 2.45) is 0 Å². The number of ether oxygens (including phenoxy) is 2. The van der Waals surface area contributed by atoms with Crippen LogP contribution in [0, 0.1) is 0 Å². The lowest BCUT2D eigenvalue weighted by Crippen LogP contribution is -2.31. The van der Waals surface area contributed by atoms with E-state index in [1.165, 1.54) is 180 Å². The Morgan fingerprint density at radius 1 is 0.500 bits per heavy atom. The Bertz CT molecular complexity index is 630. The molecule has 1 unspecified atom stereocenters. The SMILES string of the molecule is CCCCCCCCC=CCCCCCCCCC1(CCCCCCCCC=CCCCCCCCC)OCC(CCN(C)C)O1. The van der Waals surface area contributed by atoms with Gasteiger partial charge in [-0.05, 0) is 84.7 Å². The van der Waals surface area contributed by atoms with Crippen LogP contribution in [0.25, 0.3) is 0 Å². The standard InChI is InChI=1S/C43H83NO2/c1-5-7-9-11-13-15-17-19-21-23-25-27-29-31-33-35-38-43(45-41-42(46-43)37-40-44(3)4)39-36-34-32-30-28-26-24-22-20-18-16-14-12-10-8-6-2/h19-22,42H,5-18,23-41H2,1-4H3. The summed E-state index contributed by atoms with van der Waals surface area (Å²) in [6.07, 6.45) is 51.2. The van der Waals surface area contributed by atoms with Crippen molar-refractivity contribution in [2.45, 2.75) is 225 Å². The van der Waals surface area contributed by atoms with Crippen LogP contribution < -0.4 is 0 Å². The third-order valence-corrected chi connectivity index (χ3v) is 9.95. The molecule has 1 heterocycles. The minimum atomic E-state index is -0.307. The van der Waals surface area contributed by atoms with Crippen LogP contribution in [0.1, 0.15) is 213 Å². The molecule has 0 aromatic carbocycles. The maximum atomic E-state index is 6.68. The predicted molar refractivity (Wildman–Crippen MR) is 205 cm³/mol. The molecule has 0 radical (unpaired) electrons. The lowest BCUT2D eigenvalue weighted by Gasteiger charge is -2.29. The highest BCUT2D eigenvalue weighted by Gasteiger charge is 2.40. The zero-order valence-electron chi connectivity index (χ0n) is 32.0. The van der Waals surface area contributed by atoms with Crippen LogP contribution in [0.15, 0.2) is 24.3 Å². The predicted octanol–water partition coefficient (Wildman–Crippen LogP) is 13.9. The fraction of sp³-hybridized carbons (Fsp3) is 0.907. The summed E-state index contributed by atoms with van der Waals surface area (Å²) in [5.74, 6) is -0.307. The summed E-state index contributed by atoms with van der Waals surface area (Å²) >= 11 is 0. The van der Waals surface area contributed by atoms with Crippen molar-refractivity contribution in [3.63, 3.8) is 0 Å². The van der Waals surface area contributed by atoms with E-state index in [1.807, 2.05) is 0 Å². The van der Waals surface area contributed by atoms with Gasteiger partial charge in [-0.1, -0.05) is 154 Å². The fourth-order valence-electron chi connectivity index (χ4n) is 6.83. The van der Waals surface area contributed by atoms with E-state index >= 15 is 0 Å². The zero-order chi connectivity index (χ0) is 33.2. The van der Waals surface area contributed by atoms with E-state index in [4.69, 9.17) is 9.47 Å². The number of hydrogen-bond acceptors (Lipinski definition) is 3. The molecule has 0 spiro atoms. The topological polar surface area (TPSA) is 21.7 Å². The molecule has 0 aromatic heterocycles. The fourth-order valence-corrected chi connectivity index (χ4v) is 6.83. The second kappa shape index (κ2) is 32.9. The van der Waals surface area contributed by atoms with Crippen LogP contribution in [0.3, 0.4) is 0 Å². The highest BCUT2D eigenvalue weighted by Crippen LogP contribution is 2.35. The maximum absolute atomic E-state index is 6.68. The van der Waals surface area contributed by atoms with Crippen LogP contribution in [0.4, 0.5) is 0 Å². The van der Waals surface area contributed by atoms with Gasteiger partial charge in [0.15, 0.2) is 5.79 Å². The normalized spacial score (nSPS) is 18.7. The molecule has 1 aliphatic heterocycles. The molecule has 46 heavy (non-hydrogen) atoms. The quantitative estimate of drug-likeness (QED) is 0.0505. The summed E-state index contributed by atoms with van der Waals surface area (Å²) < 4.78 is 13.2. The van der Waals surface area contributed by atoms with Crippen molar-refractivity contribution in [3.05, 3.63) is 24.3 Å². The van der Waals surface area contributed by atoms with Gasteiger partial charge in [-0.15, -0.1) is 0 Å². The molecule has 1 rings (SSSR count). The molecular weight excluding hydrogens is 562 g/mol. The summed E-state index contributed by atoms with van der Waals surface area (Å²) in [6, 6.07) is 0. The van der Waals surface area contributed by atoms with Gasteiger partial charge in [0.2, 0.25) is 0 Å². The van der Waals surface area contributed by atoms with E-state index in [0.29, 0.717) is 0 Å². The maximum Gasteiger partial charge on any atom is 0.168 e. The number of hydrogen-bond donors (Lipinski definition) is 0. The molecule has 1 atom stereocenters. The van der Waals surface area contributed by atoms with Crippen LogP contribution in [0.5, 0.6) is 0 Å². The highest BCUT2D eigenvalue weighted by atomic mass is 16.7. The lowest BCUT2D eigenvalue weighted by atomic mass is 9.98. The van der Waals surface area contributed by atoms with Crippen LogP contribution in [0.2, 0.25) is 0 Å². The average molecular weight is 646 g/mol. The molecule has 0 saturated carbocycles. The molecule has 3 heteroatoms. The smallest absolute Gasteiger partial charge is 0.168 e. The Kier molecular flexibility index (Phi) is 31.0. The summed E-state index contributed by atoms with van der Waals surface area (Å²) in [6.45, 7) is 6.45. The molecule has 272 valence electrons. The largest absolute Gasteiger partial charge is 0.347 e. The molecule has 0 bridgehead atoms. The van der Waals surface area contributed by atoms with E-state index in [0.717, 1.165) is 32.4 Å². The summed E-state index contributed by atoms with van der Waals surface area (Å²) in [5.41, 5.74) is 0. The van der Waals surface area contributed by atoms with Crippen molar-refractivity contribution >= 4 is 0 Å². The Labute approximate surface area is 290 Å². The van der Waals surface area contributed by atoms with E-state index in [9.17, 15) is 0 Å². The van der Waals surface area contributed by atoms with Crippen LogP contribution in [-0.2, 0) is 9.47 Å². The first-order chi connectivity index (χ1) is 22.6. The number of nitrogens with zero attached hydrogens (tertiary/aromatic N) is 1. The van der Waals surface area contributed by atoms with Crippen LogP contribution in [-0.4, -0.2) is 44.0 Å². The molecule has 0 N–H and O–H groups in total. The molecule has 1 fully saturated rings. The van der Waals surface area contributed by atoms with Crippen molar-refractivity contribution in [1.29, 1.82) is 0 Å². The van der Waals surface area contributed by atoms with Crippen molar-refractivity contribution in [3.8, 4) is 0 Å². The van der Waals surface area contributed by atoms with Crippen molar-refractivity contribution in [2.75, 3.05) is 27.2 Å². The number of unbranched alkanes of at least 4 members (excludes halogenated alkanes) is 24. The molecule has 0 aromatic rings. The third-order valence-electron chi connectivity index (χ3n) is 9.95. The Balaban J connectivity index is 2.13. The first kappa shape index (κ1) is 43.4. The first-order valence-corrected chi connectivity index (χ1v) is 20.9. The Hall–Kier alpha value is -0.640. The average Bonchev–Trinajstić information content (AvgIpc) is 3.46. The molecule has 0 aliphatic carbocycles. The second-order valence-electron chi connectivity index (χ2n) is 14.9.